The molecule has 2 aliphatic heterocycles. The molecule has 0 aromatic heterocycles. The van der Waals surface area contributed by atoms with Gasteiger partial charge in [0.05, 0.1) is 6.61 Å². The van der Waals surface area contributed by atoms with Gasteiger partial charge in [-0.25, -0.2) is 0 Å². The Balaban J connectivity index is 1.52. The minimum Gasteiger partial charge on any atom is -0.482 e. The number of methoxy groups -OCH3 is 1. The number of benzene rings is 2. The quantitative estimate of drug-likeness (QED) is 0.794. The molecule has 2 aromatic carbocycles. The van der Waals surface area contributed by atoms with E-state index in [1.807, 2.05) is 54.6 Å². The van der Waals surface area contributed by atoms with Gasteiger partial charge in [-0.05, 0) is 24.3 Å². The highest BCUT2D eigenvalue weighted by atomic mass is 79.9. The van der Waals surface area contributed by atoms with Crippen molar-refractivity contribution in [3.8, 4) is 5.75 Å². The van der Waals surface area contributed by atoms with E-state index < -0.39 is 37.0 Å². The maximum atomic E-state index is 11.0. The third-order valence-electron chi connectivity index (χ3n) is 4.70. The number of aliphatic hydroxyl groups excluding tert-OH is 1. The van der Waals surface area contributed by atoms with Crippen LogP contribution >= 0.6 is 15.9 Å². The molecule has 0 aliphatic carbocycles. The Bertz CT molecular complexity index is 740. The Hall–Kier alpha value is -1.48. The number of ether oxygens (including phenoxy) is 5. The standard InChI is InChI=1S/C20H21BrO6/c1-23-20-18(25-14-9-7-13(21)8-10-14)16(22)17-15(26-20)11-24-19(27-17)12-5-3-2-4-6-12/h2-10,15-20,22H,11H2,1H3/t15?,16-,17?,18+,19?,20?/m0/s1. The summed E-state index contributed by atoms with van der Waals surface area (Å²) in [5.41, 5.74) is 0.891. The molecule has 1 N–H and O–H groups in total. The lowest BCUT2D eigenvalue weighted by molar-refractivity contribution is -0.355. The highest BCUT2D eigenvalue weighted by Gasteiger charge is 2.50. The molecule has 6 atom stereocenters. The van der Waals surface area contributed by atoms with Crippen LogP contribution in [0.5, 0.6) is 5.75 Å². The monoisotopic (exact) mass is 436 g/mol. The van der Waals surface area contributed by atoms with Crippen molar-refractivity contribution in [1.29, 1.82) is 0 Å². The van der Waals surface area contributed by atoms with Gasteiger partial charge in [-0.15, -0.1) is 0 Å². The molecule has 2 heterocycles. The molecule has 2 fully saturated rings. The summed E-state index contributed by atoms with van der Waals surface area (Å²) in [5.74, 6) is 0.609. The van der Waals surface area contributed by atoms with Crippen LogP contribution in [-0.2, 0) is 18.9 Å². The molecule has 0 amide bonds. The van der Waals surface area contributed by atoms with Gasteiger partial charge in [0.1, 0.15) is 24.1 Å². The van der Waals surface area contributed by atoms with Crippen molar-refractivity contribution in [2.24, 2.45) is 0 Å². The van der Waals surface area contributed by atoms with Gasteiger partial charge in [-0.3, -0.25) is 0 Å². The highest BCUT2D eigenvalue weighted by Crippen LogP contribution is 2.35. The fraction of sp³-hybridized carbons (Fsp3) is 0.400. The summed E-state index contributed by atoms with van der Waals surface area (Å²) in [4.78, 5) is 0. The Morgan fingerprint density at radius 2 is 1.78 bits per heavy atom. The highest BCUT2D eigenvalue weighted by molar-refractivity contribution is 9.10. The lowest BCUT2D eigenvalue weighted by Crippen LogP contribution is -2.63. The summed E-state index contributed by atoms with van der Waals surface area (Å²) in [5, 5.41) is 11.0. The van der Waals surface area contributed by atoms with Gasteiger partial charge in [-0.2, -0.15) is 0 Å². The first-order valence-electron chi connectivity index (χ1n) is 8.76. The normalized spacial score (nSPS) is 33.3. The number of aliphatic hydroxyl groups is 1. The van der Waals surface area contributed by atoms with Crippen molar-refractivity contribution in [2.45, 2.75) is 37.0 Å². The summed E-state index contributed by atoms with van der Waals surface area (Å²) < 4.78 is 30.1. The molecule has 27 heavy (non-hydrogen) atoms. The van der Waals surface area contributed by atoms with E-state index in [0.29, 0.717) is 12.4 Å². The van der Waals surface area contributed by atoms with Crippen LogP contribution < -0.4 is 4.74 Å². The van der Waals surface area contributed by atoms with Crippen LogP contribution in [0, 0.1) is 0 Å². The zero-order chi connectivity index (χ0) is 18.8. The second-order valence-electron chi connectivity index (χ2n) is 6.48. The summed E-state index contributed by atoms with van der Waals surface area (Å²) in [6.07, 6.45) is -3.98. The van der Waals surface area contributed by atoms with Gasteiger partial charge in [0, 0.05) is 17.1 Å². The third kappa shape index (κ3) is 4.03. The van der Waals surface area contributed by atoms with Gasteiger partial charge in [-0.1, -0.05) is 46.3 Å². The van der Waals surface area contributed by atoms with E-state index in [1.165, 1.54) is 7.11 Å². The van der Waals surface area contributed by atoms with Crippen LogP contribution in [0.2, 0.25) is 0 Å². The van der Waals surface area contributed by atoms with Crippen LogP contribution in [0.3, 0.4) is 0 Å². The molecule has 2 aliphatic rings. The van der Waals surface area contributed by atoms with E-state index >= 15 is 0 Å². The predicted molar refractivity (Wildman–Crippen MR) is 100 cm³/mol. The van der Waals surface area contributed by atoms with Gasteiger partial charge >= 0.3 is 0 Å². The molecule has 0 spiro atoms. The van der Waals surface area contributed by atoms with Crippen LogP contribution in [0.1, 0.15) is 11.9 Å². The minimum atomic E-state index is -0.938. The molecule has 4 rings (SSSR count). The Kier molecular flexibility index (Phi) is 5.77. The number of halogens is 1. The number of rotatable bonds is 4. The van der Waals surface area contributed by atoms with E-state index in [4.69, 9.17) is 23.7 Å². The second kappa shape index (κ2) is 8.26. The van der Waals surface area contributed by atoms with E-state index in [2.05, 4.69) is 15.9 Å². The summed E-state index contributed by atoms with van der Waals surface area (Å²) in [7, 11) is 1.52. The molecular weight excluding hydrogens is 416 g/mol. The van der Waals surface area contributed by atoms with Crippen molar-refractivity contribution in [1.82, 2.24) is 0 Å². The molecule has 6 nitrogen and oxygen atoms in total. The maximum absolute atomic E-state index is 11.0. The van der Waals surface area contributed by atoms with Crippen molar-refractivity contribution in [3.63, 3.8) is 0 Å². The fourth-order valence-electron chi connectivity index (χ4n) is 3.33. The van der Waals surface area contributed by atoms with Crippen LogP contribution in [0.15, 0.2) is 59.1 Å². The average molecular weight is 437 g/mol. The molecule has 0 bridgehead atoms. The Labute approximate surface area is 166 Å². The Morgan fingerprint density at radius 1 is 1.04 bits per heavy atom. The molecule has 0 saturated carbocycles. The fourth-order valence-corrected chi connectivity index (χ4v) is 3.60. The first kappa shape index (κ1) is 18.9. The first-order valence-corrected chi connectivity index (χ1v) is 9.55. The summed E-state index contributed by atoms with van der Waals surface area (Å²) in [6.45, 7) is 0.298. The van der Waals surface area contributed by atoms with E-state index in [9.17, 15) is 5.11 Å². The lowest BCUT2D eigenvalue weighted by Gasteiger charge is -2.47. The minimum absolute atomic E-state index is 0.298. The number of hydrogen-bond acceptors (Lipinski definition) is 6. The van der Waals surface area contributed by atoms with Gasteiger partial charge in [0.2, 0.25) is 0 Å². The zero-order valence-electron chi connectivity index (χ0n) is 14.7. The maximum Gasteiger partial charge on any atom is 0.197 e. The van der Waals surface area contributed by atoms with E-state index in [0.717, 1.165) is 10.0 Å². The SMILES string of the molecule is COC1OC2COC(c3ccccc3)OC2[C@H](O)[C@H]1Oc1ccc(Br)cc1. The second-order valence-corrected chi connectivity index (χ2v) is 7.40. The van der Waals surface area contributed by atoms with Gasteiger partial charge < -0.3 is 28.8 Å². The smallest absolute Gasteiger partial charge is 0.197 e. The van der Waals surface area contributed by atoms with E-state index in [-0.39, 0.29) is 0 Å². The molecule has 4 unspecified atom stereocenters. The average Bonchev–Trinajstić information content (AvgIpc) is 2.72. The first-order chi connectivity index (χ1) is 13.2. The summed E-state index contributed by atoms with van der Waals surface area (Å²) in [6, 6.07) is 17.0. The molecular formula is C20H21BrO6. The van der Waals surface area contributed by atoms with E-state index in [1.54, 1.807) is 0 Å². The van der Waals surface area contributed by atoms with Crippen LogP contribution in [-0.4, -0.2) is 49.5 Å². The van der Waals surface area contributed by atoms with Crippen molar-refractivity contribution < 1.29 is 28.8 Å². The number of hydrogen-bond donors (Lipinski definition) is 1. The zero-order valence-corrected chi connectivity index (χ0v) is 16.3. The predicted octanol–water partition coefficient (Wildman–Crippen LogP) is 3.04. The molecule has 2 aromatic rings. The lowest BCUT2D eigenvalue weighted by atomic mass is 9.97. The Morgan fingerprint density at radius 3 is 2.48 bits per heavy atom. The van der Waals surface area contributed by atoms with Crippen molar-refractivity contribution in [3.05, 3.63) is 64.6 Å². The molecule has 7 heteroatoms. The largest absolute Gasteiger partial charge is 0.482 e. The van der Waals surface area contributed by atoms with Crippen LogP contribution in [0.25, 0.3) is 0 Å². The van der Waals surface area contributed by atoms with Crippen LogP contribution in [0.4, 0.5) is 0 Å². The summed E-state index contributed by atoms with van der Waals surface area (Å²) >= 11 is 3.39. The molecule has 144 valence electrons. The molecule has 0 radical (unpaired) electrons. The molecule has 2 saturated heterocycles. The van der Waals surface area contributed by atoms with Crippen molar-refractivity contribution in [2.75, 3.05) is 13.7 Å². The van der Waals surface area contributed by atoms with Crippen molar-refractivity contribution >= 4 is 15.9 Å². The third-order valence-corrected chi connectivity index (χ3v) is 5.23. The van der Waals surface area contributed by atoms with Gasteiger partial charge in [0.15, 0.2) is 18.7 Å². The number of fused-ring (bicyclic) bond motifs is 1. The topological polar surface area (TPSA) is 66.4 Å². The van der Waals surface area contributed by atoms with Gasteiger partial charge in [0.25, 0.3) is 0 Å².